The summed E-state index contributed by atoms with van der Waals surface area (Å²) in [7, 11) is 0. The summed E-state index contributed by atoms with van der Waals surface area (Å²) in [5, 5.41) is 3.48. The Morgan fingerprint density at radius 3 is 2.41 bits per heavy atom. The van der Waals surface area contributed by atoms with Gasteiger partial charge in [0.1, 0.15) is 0 Å². The van der Waals surface area contributed by atoms with Gasteiger partial charge in [-0.05, 0) is 30.7 Å². The number of carbonyl (C=O) groups is 2. The van der Waals surface area contributed by atoms with Crippen molar-refractivity contribution in [2.75, 3.05) is 44.2 Å². The molecule has 2 aromatic rings. The summed E-state index contributed by atoms with van der Waals surface area (Å²) in [6.45, 7) is 5.77. The van der Waals surface area contributed by atoms with Gasteiger partial charge in [-0.1, -0.05) is 48.0 Å². The molecule has 1 fully saturated rings. The third kappa shape index (κ3) is 5.87. The van der Waals surface area contributed by atoms with E-state index in [1.807, 2.05) is 61.5 Å². The average Bonchev–Trinajstić information content (AvgIpc) is 2.76. The number of amides is 3. The molecule has 7 heteroatoms. The van der Waals surface area contributed by atoms with Crippen LogP contribution in [0.15, 0.2) is 54.6 Å². The molecule has 1 aliphatic heterocycles. The van der Waals surface area contributed by atoms with E-state index in [9.17, 15) is 9.59 Å². The van der Waals surface area contributed by atoms with E-state index in [0.29, 0.717) is 31.2 Å². The molecule has 154 valence electrons. The number of likely N-dealkylation sites (N-methyl/N-ethyl adjacent to an activating group) is 1. The van der Waals surface area contributed by atoms with Gasteiger partial charge in [0.2, 0.25) is 5.91 Å². The van der Waals surface area contributed by atoms with Crippen molar-refractivity contribution >= 4 is 29.2 Å². The number of hydrogen-bond acceptors (Lipinski definition) is 3. The first-order valence-electron chi connectivity index (χ1n) is 9.92. The minimum Gasteiger partial charge on any atom is -0.368 e. The maximum Gasteiger partial charge on any atom is 0.317 e. The predicted octanol–water partition coefficient (Wildman–Crippen LogP) is 3.22. The molecule has 0 bridgehead atoms. The largest absolute Gasteiger partial charge is 0.368 e. The van der Waals surface area contributed by atoms with E-state index < -0.39 is 0 Å². The van der Waals surface area contributed by atoms with Crippen LogP contribution in [0.4, 0.5) is 10.5 Å². The van der Waals surface area contributed by atoms with Crippen LogP contribution in [0.25, 0.3) is 0 Å². The molecule has 6 nitrogen and oxygen atoms in total. The summed E-state index contributed by atoms with van der Waals surface area (Å²) in [4.78, 5) is 30.7. The van der Waals surface area contributed by atoms with E-state index in [0.717, 1.165) is 24.3 Å². The summed E-state index contributed by atoms with van der Waals surface area (Å²) >= 11 is 6.07. The SMILES string of the molecule is CCN(Cc1ccccc1)C(=O)CNC(=O)N1CCN(c2cccc(Cl)c2)CC1. The number of hydrogen-bond donors (Lipinski definition) is 1. The molecule has 0 atom stereocenters. The van der Waals surface area contributed by atoms with E-state index >= 15 is 0 Å². The smallest absolute Gasteiger partial charge is 0.317 e. The van der Waals surface area contributed by atoms with Crippen molar-refractivity contribution in [1.29, 1.82) is 0 Å². The molecule has 2 aromatic carbocycles. The molecule has 1 N–H and O–H groups in total. The van der Waals surface area contributed by atoms with Gasteiger partial charge in [0.15, 0.2) is 0 Å². The fourth-order valence-electron chi connectivity index (χ4n) is 3.40. The number of rotatable bonds is 6. The van der Waals surface area contributed by atoms with Gasteiger partial charge in [0, 0.05) is 50.0 Å². The standard InChI is InChI=1S/C22H27ClN4O2/c1-2-25(17-18-7-4-3-5-8-18)21(28)16-24-22(29)27-13-11-26(12-14-27)20-10-6-9-19(23)15-20/h3-10,15H,2,11-14,16-17H2,1H3,(H,24,29). The molecule has 0 aliphatic carbocycles. The second kappa shape index (κ2) is 10.2. The first-order valence-corrected chi connectivity index (χ1v) is 10.3. The monoisotopic (exact) mass is 414 g/mol. The van der Waals surface area contributed by atoms with Crippen LogP contribution in [0, 0.1) is 0 Å². The molecule has 0 aromatic heterocycles. The zero-order valence-corrected chi connectivity index (χ0v) is 17.4. The first-order chi connectivity index (χ1) is 14.1. The van der Waals surface area contributed by atoms with Gasteiger partial charge in [0.05, 0.1) is 6.54 Å². The van der Waals surface area contributed by atoms with Crippen molar-refractivity contribution in [2.24, 2.45) is 0 Å². The molecule has 1 saturated heterocycles. The van der Waals surface area contributed by atoms with Gasteiger partial charge < -0.3 is 20.0 Å². The fourth-order valence-corrected chi connectivity index (χ4v) is 3.58. The number of anilines is 1. The lowest BCUT2D eigenvalue weighted by molar-refractivity contribution is -0.130. The van der Waals surface area contributed by atoms with Gasteiger partial charge >= 0.3 is 6.03 Å². The van der Waals surface area contributed by atoms with Crippen LogP contribution in [-0.4, -0.2) is 61.0 Å². The molecule has 0 unspecified atom stereocenters. The van der Waals surface area contributed by atoms with Crippen LogP contribution in [0.2, 0.25) is 5.02 Å². The molecule has 0 spiro atoms. The summed E-state index contributed by atoms with van der Waals surface area (Å²) < 4.78 is 0. The number of piperazine rings is 1. The third-order valence-corrected chi connectivity index (χ3v) is 5.32. The second-order valence-electron chi connectivity index (χ2n) is 7.01. The number of nitrogens with zero attached hydrogens (tertiary/aromatic N) is 3. The van der Waals surface area contributed by atoms with Crippen molar-refractivity contribution in [2.45, 2.75) is 13.5 Å². The summed E-state index contributed by atoms with van der Waals surface area (Å²) in [5.41, 5.74) is 2.14. The van der Waals surface area contributed by atoms with Crippen LogP contribution in [0.3, 0.4) is 0 Å². The number of benzene rings is 2. The van der Waals surface area contributed by atoms with E-state index in [1.165, 1.54) is 0 Å². The van der Waals surface area contributed by atoms with Gasteiger partial charge in [0.25, 0.3) is 0 Å². The Bertz CT molecular complexity index is 823. The normalized spacial score (nSPS) is 13.9. The molecule has 3 rings (SSSR count). The van der Waals surface area contributed by atoms with Gasteiger partial charge in [-0.15, -0.1) is 0 Å². The van der Waals surface area contributed by atoms with Crippen molar-refractivity contribution in [1.82, 2.24) is 15.1 Å². The predicted molar refractivity (Wildman–Crippen MR) is 116 cm³/mol. The van der Waals surface area contributed by atoms with E-state index in [4.69, 9.17) is 11.6 Å². The topological polar surface area (TPSA) is 55.9 Å². The number of urea groups is 1. The molecular formula is C22H27ClN4O2. The highest BCUT2D eigenvalue weighted by molar-refractivity contribution is 6.30. The highest BCUT2D eigenvalue weighted by atomic mass is 35.5. The minimum atomic E-state index is -0.195. The quantitative estimate of drug-likeness (QED) is 0.789. The van der Waals surface area contributed by atoms with Crippen molar-refractivity contribution in [3.63, 3.8) is 0 Å². The Hall–Kier alpha value is -2.73. The Balaban J connectivity index is 1.45. The Labute approximate surface area is 177 Å². The highest BCUT2D eigenvalue weighted by Crippen LogP contribution is 2.20. The van der Waals surface area contributed by atoms with E-state index in [1.54, 1.807) is 9.80 Å². The Morgan fingerprint density at radius 2 is 1.76 bits per heavy atom. The van der Waals surface area contributed by atoms with Crippen molar-refractivity contribution in [3.05, 3.63) is 65.2 Å². The summed E-state index contributed by atoms with van der Waals surface area (Å²) in [6.07, 6.45) is 0. The van der Waals surface area contributed by atoms with Crippen LogP contribution < -0.4 is 10.2 Å². The molecule has 29 heavy (non-hydrogen) atoms. The van der Waals surface area contributed by atoms with Crippen LogP contribution in [0.5, 0.6) is 0 Å². The molecule has 1 heterocycles. The summed E-state index contributed by atoms with van der Waals surface area (Å²) in [5.74, 6) is -0.0812. The fraction of sp³-hybridized carbons (Fsp3) is 0.364. The maximum absolute atomic E-state index is 12.5. The van der Waals surface area contributed by atoms with Gasteiger partial charge in [-0.3, -0.25) is 4.79 Å². The zero-order valence-electron chi connectivity index (χ0n) is 16.7. The lowest BCUT2D eigenvalue weighted by atomic mass is 10.2. The third-order valence-electron chi connectivity index (χ3n) is 5.08. The molecule has 0 saturated carbocycles. The van der Waals surface area contributed by atoms with Crippen molar-refractivity contribution < 1.29 is 9.59 Å². The van der Waals surface area contributed by atoms with Crippen LogP contribution >= 0.6 is 11.6 Å². The van der Waals surface area contributed by atoms with E-state index in [2.05, 4.69) is 10.2 Å². The lowest BCUT2D eigenvalue weighted by Crippen LogP contribution is -2.53. The van der Waals surface area contributed by atoms with Gasteiger partial charge in [-0.2, -0.15) is 0 Å². The minimum absolute atomic E-state index is 0.00795. The number of nitrogens with one attached hydrogen (secondary N) is 1. The first kappa shape index (κ1) is 21.0. The lowest BCUT2D eigenvalue weighted by Gasteiger charge is -2.36. The molecule has 3 amide bonds. The molecular weight excluding hydrogens is 388 g/mol. The van der Waals surface area contributed by atoms with Crippen LogP contribution in [0.1, 0.15) is 12.5 Å². The maximum atomic E-state index is 12.5. The number of carbonyl (C=O) groups excluding carboxylic acids is 2. The Kier molecular flexibility index (Phi) is 7.36. The number of halogens is 1. The second-order valence-corrected chi connectivity index (χ2v) is 7.44. The van der Waals surface area contributed by atoms with Gasteiger partial charge in [-0.25, -0.2) is 4.79 Å². The zero-order chi connectivity index (χ0) is 20.6. The molecule has 1 aliphatic rings. The van der Waals surface area contributed by atoms with Crippen LogP contribution in [-0.2, 0) is 11.3 Å². The van der Waals surface area contributed by atoms with Crippen molar-refractivity contribution in [3.8, 4) is 0 Å². The Morgan fingerprint density at radius 1 is 1.03 bits per heavy atom. The summed E-state index contributed by atoms with van der Waals surface area (Å²) in [6, 6.07) is 17.4. The van der Waals surface area contributed by atoms with E-state index in [-0.39, 0.29) is 18.5 Å². The molecule has 0 radical (unpaired) electrons. The highest BCUT2D eigenvalue weighted by Gasteiger charge is 2.22. The average molecular weight is 415 g/mol.